The Morgan fingerprint density at radius 2 is 2.05 bits per heavy atom. The van der Waals surface area contributed by atoms with Gasteiger partial charge in [-0.1, -0.05) is 6.07 Å². The van der Waals surface area contributed by atoms with E-state index < -0.39 is 0 Å². The van der Waals surface area contributed by atoms with Crippen LogP contribution in [0, 0.1) is 0 Å². The van der Waals surface area contributed by atoms with Crippen LogP contribution in [0.15, 0.2) is 18.2 Å². The molecule has 1 aliphatic heterocycles. The van der Waals surface area contributed by atoms with Crippen LogP contribution in [-0.4, -0.2) is 50.1 Å². The van der Waals surface area contributed by atoms with Crippen LogP contribution in [0.5, 0.6) is 5.75 Å². The zero-order valence-electron chi connectivity index (χ0n) is 12.1. The van der Waals surface area contributed by atoms with Crippen LogP contribution in [0.3, 0.4) is 0 Å². The number of nitrogens with zero attached hydrogens (tertiary/aromatic N) is 2. The van der Waals surface area contributed by atoms with Gasteiger partial charge < -0.3 is 15.4 Å². The van der Waals surface area contributed by atoms with Gasteiger partial charge in [-0.15, -0.1) is 0 Å². The molecule has 19 heavy (non-hydrogen) atoms. The van der Waals surface area contributed by atoms with Crippen LogP contribution in [-0.2, 0) is 13.1 Å². The molecule has 4 heteroatoms. The summed E-state index contributed by atoms with van der Waals surface area (Å²) in [6.45, 7) is 6.20. The first-order valence-corrected chi connectivity index (χ1v) is 6.99. The van der Waals surface area contributed by atoms with Crippen molar-refractivity contribution in [2.45, 2.75) is 19.5 Å². The van der Waals surface area contributed by atoms with Crippen LogP contribution in [0.1, 0.15) is 17.5 Å². The molecule has 1 saturated heterocycles. The molecule has 0 atom stereocenters. The molecule has 1 fully saturated rings. The summed E-state index contributed by atoms with van der Waals surface area (Å²) < 4.78 is 5.31. The Labute approximate surface area is 116 Å². The zero-order valence-corrected chi connectivity index (χ0v) is 12.1. The number of likely N-dealkylation sites (N-methyl/N-ethyl adjacent to an activating group) is 1. The molecule has 0 aliphatic carbocycles. The molecule has 0 radical (unpaired) electrons. The molecule has 0 aromatic heterocycles. The summed E-state index contributed by atoms with van der Waals surface area (Å²) in [6, 6.07) is 6.35. The van der Waals surface area contributed by atoms with E-state index in [9.17, 15) is 0 Å². The monoisotopic (exact) mass is 263 g/mol. The van der Waals surface area contributed by atoms with E-state index in [0.717, 1.165) is 30.9 Å². The second-order valence-electron chi connectivity index (χ2n) is 5.28. The molecule has 0 amide bonds. The molecule has 1 aromatic rings. The van der Waals surface area contributed by atoms with E-state index in [1.807, 2.05) is 6.07 Å². The number of nitrogens with two attached hydrogens (primary N) is 1. The van der Waals surface area contributed by atoms with Crippen molar-refractivity contribution in [1.29, 1.82) is 0 Å². The molecule has 4 nitrogen and oxygen atoms in total. The Kier molecular flexibility index (Phi) is 5.19. The van der Waals surface area contributed by atoms with Crippen LogP contribution in [0.25, 0.3) is 0 Å². The maximum Gasteiger partial charge on any atom is 0.123 e. The molecule has 2 rings (SSSR count). The Hall–Kier alpha value is -1.10. The number of benzene rings is 1. The Morgan fingerprint density at radius 3 is 2.79 bits per heavy atom. The maximum absolute atomic E-state index is 5.77. The van der Waals surface area contributed by atoms with Gasteiger partial charge in [-0.3, -0.25) is 4.90 Å². The Morgan fingerprint density at radius 1 is 1.21 bits per heavy atom. The van der Waals surface area contributed by atoms with Gasteiger partial charge in [0.2, 0.25) is 0 Å². The van der Waals surface area contributed by atoms with E-state index in [1.165, 1.54) is 25.1 Å². The normalized spacial score (nSPS) is 18.3. The molecule has 2 N–H and O–H groups in total. The maximum atomic E-state index is 5.77. The second kappa shape index (κ2) is 6.89. The molecule has 1 aromatic carbocycles. The molecular formula is C15H25N3O. The van der Waals surface area contributed by atoms with Crippen molar-refractivity contribution in [2.24, 2.45) is 5.73 Å². The van der Waals surface area contributed by atoms with Crippen molar-refractivity contribution >= 4 is 0 Å². The molecule has 0 bridgehead atoms. The van der Waals surface area contributed by atoms with Crippen molar-refractivity contribution in [2.75, 3.05) is 40.3 Å². The molecule has 0 unspecified atom stereocenters. The lowest BCUT2D eigenvalue weighted by molar-refractivity contribution is 0.269. The topological polar surface area (TPSA) is 41.7 Å². The minimum absolute atomic E-state index is 0.528. The Balaban J connectivity index is 2.02. The second-order valence-corrected chi connectivity index (χ2v) is 5.28. The molecule has 0 spiro atoms. The number of methoxy groups -OCH3 is 1. The van der Waals surface area contributed by atoms with E-state index in [4.69, 9.17) is 10.5 Å². The minimum Gasteiger partial charge on any atom is -0.496 e. The highest BCUT2D eigenvalue weighted by atomic mass is 16.5. The average molecular weight is 263 g/mol. The molecule has 0 saturated carbocycles. The molecule has 106 valence electrons. The third kappa shape index (κ3) is 3.93. The predicted molar refractivity (Wildman–Crippen MR) is 78.3 cm³/mol. The number of rotatable bonds is 4. The van der Waals surface area contributed by atoms with Gasteiger partial charge in [0.15, 0.2) is 0 Å². The van der Waals surface area contributed by atoms with Gasteiger partial charge in [-0.2, -0.15) is 0 Å². The van der Waals surface area contributed by atoms with Gasteiger partial charge in [0.05, 0.1) is 7.11 Å². The first-order valence-electron chi connectivity index (χ1n) is 6.99. The summed E-state index contributed by atoms with van der Waals surface area (Å²) in [5.41, 5.74) is 8.19. The van der Waals surface area contributed by atoms with Crippen molar-refractivity contribution in [3.05, 3.63) is 29.3 Å². The van der Waals surface area contributed by atoms with E-state index in [2.05, 4.69) is 29.0 Å². The smallest absolute Gasteiger partial charge is 0.123 e. The molecule has 1 heterocycles. The number of hydrogen-bond donors (Lipinski definition) is 1. The quantitative estimate of drug-likeness (QED) is 0.889. The van der Waals surface area contributed by atoms with Crippen molar-refractivity contribution < 1.29 is 4.74 Å². The fourth-order valence-corrected chi connectivity index (χ4v) is 2.61. The first-order chi connectivity index (χ1) is 9.22. The van der Waals surface area contributed by atoms with Crippen LogP contribution >= 0.6 is 0 Å². The van der Waals surface area contributed by atoms with Crippen LogP contribution in [0.2, 0.25) is 0 Å². The fraction of sp³-hybridized carbons (Fsp3) is 0.600. The number of hydrogen-bond acceptors (Lipinski definition) is 4. The minimum atomic E-state index is 0.528. The van der Waals surface area contributed by atoms with Gasteiger partial charge in [-0.05, 0) is 44.3 Å². The molecule has 1 aliphatic rings. The largest absolute Gasteiger partial charge is 0.496 e. The van der Waals surface area contributed by atoms with Gasteiger partial charge in [0.25, 0.3) is 0 Å². The summed E-state index contributed by atoms with van der Waals surface area (Å²) >= 11 is 0. The lowest BCUT2D eigenvalue weighted by atomic mass is 10.1. The summed E-state index contributed by atoms with van der Waals surface area (Å²) in [5.74, 6) is 0.891. The summed E-state index contributed by atoms with van der Waals surface area (Å²) in [6.07, 6.45) is 1.25. The van der Waals surface area contributed by atoms with E-state index in [0.29, 0.717) is 6.54 Å². The summed E-state index contributed by atoms with van der Waals surface area (Å²) in [5, 5.41) is 0. The predicted octanol–water partition coefficient (Wildman–Crippen LogP) is 1.29. The highest BCUT2D eigenvalue weighted by Crippen LogP contribution is 2.20. The third-order valence-electron chi connectivity index (χ3n) is 3.78. The van der Waals surface area contributed by atoms with E-state index >= 15 is 0 Å². The third-order valence-corrected chi connectivity index (χ3v) is 3.78. The number of ether oxygens (including phenoxy) is 1. The zero-order chi connectivity index (χ0) is 13.7. The summed E-state index contributed by atoms with van der Waals surface area (Å²) in [7, 11) is 3.89. The van der Waals surface area contributed by atoms with Crippen LogP contribution < -0.4 is 10.5 Å². The Bertz CT molecular complexity index is 408. The van der Waals surface area contributed by atoms with E-state index in [1.54, 1.807) is 7.11 Å². The summed E-state index contributed by atoms with van der Waals surface area (Å²) in [4.78, 5) is 4.92. The molecular weight excluding hydrogens is 238 g/mol. The SMILES string of the molecule is COc1ccc(CN2CCCN(C)CC2)cc1CN. The lowest BCUT2D eigenvalue weighted by Gasteiger charge is -2.20. The van der Waals surface area contributed by atoms with Crippen molar-refractivity contribution in [3.8, 4) is 5.75 Å². The van der Waals surface area contributed by atoms with Gasteiger partial charge >= 0.3 is 0 Å². The van der Waals surface area contributed by atoms with Crippen molar-refractivity contribution in [1.82, 2.24) is 9.80 Å². The standard InChI is InChI=1S/C15H25N3O/c1-17-6-3-7-18(9-8-17)12-13-4-5-15(19-2)14(10-13)11-16/h4-5,10H,3,6-9,11-12,16H2,1-2H3. The lowest BCUT2D eigenvalue weighted by Crippen LogP contribution is -2.28. The average Bonchev–Trinajstić information content (AvgIpc) is 2.63. The van der Waals surface area contributed by atoms with Gasteiger partial charge in [0.1, 0.15) is 5.75 Å². The fourth-order valence-electron chi connectivity index (χ4n) is 2.61. The van der Waals surface area contributed by atoms with Gasteiger partial charge in [0, 0.05) is 31.7 Å². The first kappa shape index (κ1) is 14.3. The van der Waals surface area contributed by atoms with E-state index in [-0.39, 0.29) is 0 Å². The van der Waals surface area contributed by atoms with Crippen LogP contribution in [0.4, 0.5) is 0 Å². The highest BCUT2D eigenvalue weighted by molar-refractivity contribution is 5.37. The van der Waals surface area contributed by atoms with Crippen molar-refractivity contribution in [3.63, 3.8) is 0 Å². The highest BCUT2D eigenvalue weighted by Gasteiger charge is 2.13. The van der Waals surface area contributed by atoms with Gasteiger partial charge in [-0.25, -0.2) is 0 Å².